The van der Waals surface area contributed by atoms with Gasteiger partial charge in [-0.25, -0.2) is 9.78 Å². The minimum Gasteiger partial charge on any atom is -0.477 e. The van der Waals surface area contributed by atoms with Crippen LogP contribution in [0.3, 0.4) is 0 Å². The maximum Gasteiger partial charge on any atom is 0.347 e. The van der Waals surface area contributed by atoms with Crippen molar-refractivity contribution in [1.29, 1.82) is 0 Å². The van der Waals surface area contributed by atoms with E-state index in [-0.39, 0.29) is 0 Å². The molecule has 1 heterocycles. The molecule has 1 aromatic heterocycles. The molecule has 2 saturated carbocycles. The van der Waals surface area contributed by atoms with Crippen LogP contribution in [0.5, 0.6) is 0 Å². The zero-order chi connectivity index (χ0) is 12.0. The van der Waals surface area contributed by atoms with E-state index in [1.807, 2.05) is 0 Å². The summed E-state index contributed by atoms with van der Waals surface area (Å²) in [7, 11) is 0. The summed E-state index contributed by atoms with van der Waals surface area (Å²) in [5.74, 6) is 0.925. The van der Waals surface area contributed by atoms with Crippen molar-refractivity contribution >= 4 is 17.3 Å². The molecular formula is C13H17NO2S. The van der Waals surface area contributed by atoms with E-state index in [4.69, 9.17) is 0 Å². The van der Waals surface area contributed by atoms with Crippen LogP contribution in [0.1, 0.15) is 71.2 Å². The number of rotatable bonds is 3. The van der Waals surface area contributed by atoms with Crippen LogP contribution in [-0.4, -0.2) is 16.1 Å². The topological polar surface area (TPSA) is 50.2 Å². The largest absolute Gasteiger partial charge is 0.477 e. The van der Waals surface area contributed by atoms with Gasteiger partial charge in [0.1, 0.15) is 4.88 Å². The minimum absolute atomic E-state index is 0.435. The van der Waals surface area contributed by atoms with Crippen molar-refractivity contribution in [3.8, 4) is 0 Å². The smallest absolute Gasteiger partial charge is 0.347 e. The Balaban J connectivity index is 1.90. The second-order valence-electron chi connectivity index (χ2n) is 5.46. The Kier molecular flexibility index (Phi) is 2.69. The van der Waals surface area contributed by atoms with Crippen molar-refractivity contribution in [2.24, 2.45) is 5.92 Å². The van der Waals surface area contributed by atoms with Gasteiger partial charge in [0.15, 0.2) is 0 Å². The first kappa shape index (κ1) is 11.2. The SMILES string of the molecule is CC1CCC(c2nc(C3CC3)c(C(=O)O)s2)C1. The van der Waals surface area contributed by atoms with Crippen LogP contribution in [0.4, 0.5) is 0 Å². The van der Waals surface area contributed by atoms with Crippen molar-refractivity contribution in [2.45, 2.75) is 50.9 Å². The Labute approximate surface area is 105 Å². The molecule has 0 spiro atoms. The summed E-state index contributed by atoms with van der Waals surface area (Å²) in [5.41, 5.74) is 0.872. The van der Waals surface area contributed by atoms with Crippen LogP contribution in [-0.2, 0) is 0 Å². The summed E-state index contributed by atoms with van der Waals surface area (Å²) in [4.78, 5) is 16.4. The summed E-state index contributed by atoms with van der Waals surface area (Å²) in [6.45, 7) is 2.27. The molecule has 17 heavy (non-hydrogen) atoms. The zero-order valence-electron chi connectivity index (χ0n) is 9.98. The molecule has 0 bridgehead atoms. The number of hydrogen-bond donors (Lipinski definition) is 1. The lowest BCUT2D eigenvalue weighted by molar-refractivity contribution is 0.0700. The first-order valence-corrected chi connectivity index (χ1v) is 7.20. The fourth-order valence-electron chi connectivity index (χ4n) is 2.74. The number of carboxylic acids is 1. The summed E-state index contributed by atoms with van der Waals surface area (Å²) in [5, 5.41) is 10.3. The van der Waals surface area contributed by atoms with E-state index in [1.165, 1.54) is 30.6 Å². The standard InChI is InChI=1S/C13H17NO2S/c1-7-2-3-9(6-7)12-14-10(8-4-5-8)11(17-12)13(15)16/h7-9H,2-6H2,1H3,(H,15,16). The third-order valence-corrected chi connectivity index (χ3v) is 5.09. The molecular weight excluding hydrogens is 234 g/mol. The predicted octanol–water partition coefficient (Wildman–Crippen LogP) is 3.62. The van der Waals surface area contributed by atoms with E-state index in [0.29, 0.717) is 16.7 Å². The number of thiazole rings is 1. The summed E-state index contributed by atoms with van der Waals surface area (Å²) >= 11 is 1.42. The molecule has 2 unspecified atom stereocenters. The van der Waals surface area contributed by atoms with E-state index in [0.717, 1.165) is 29.5 Å². The number of nitrogens with zero attached hydrogens (tertiary/aromatic N) is 1. The number of carbonyl (C=O) groups is 1. The average molecular weight is 251 g/mol. The maximum atomic E-state index is 11.2. The number of aromatic carboxylic acids is 1. The Morgan fingerprint density at radius 3 is 2.53 bits per heavy atom. The van der Waals surface area contributed by atoms with Crippen molar-refractivity contribution in [3.63, 3.8) is 0 Å². The molecule has 92 valence electrons. The Hall–Kier alpha value is -0.900. The molecule has 1 aromatic rings. The van der Waals surface area contributed by atoms with Gasteiger partial charge in [-0.05, 0) is 31.6 Å². The van der Waals surface area contributed by atoms with E-state index >= 15 is 0 Å². The lowest BCUT2D eigenvalue weighted by atomic mass is 10.1. The summed E-state index contributed by atoms with van der Waals surface area (Å²) < 4.78 is 0. The highest BCUT2D eigenvalue weighted by atomic mass is 32.1. The third-order valence-electron chi connectivity index (χ3n) is 3.87. The van der Waals surface area contributed by atoms with Gasteiger partial charge in [-0.3, -0.25) is 0 Å². The number of aromatic nitrogens is 1. The average Bonchev–Trinajstić information content (AvgIpc) is 2.87. The lowest BCUT2D eigenvalue weighted by Gasteiger charge is -2.03. The van der Waals surface area contributed by atoms with Gasteiger partial charge in [-0.2, -0.15) is 0 Å². The summed E-state index contributed by atoms with van der Waals surface area (Å²) in [6.07, 6.45) is 5.84. The van der Waals surface area contributed by atoms with Crippen molar-refractivity contribution < 1.29 is 9.90 Å². The van der Waals surface area contributed by atoms with Crippen molar-refractivity contribution in [3.05, 3.63) is 15.6 Å². The molecule has 3 rings (SSSR count). The highest BCUT2D eigenvalue weighted by Gasteiger charge is 2.34. The van der Waals surface area contributed by atoms with Crippen LogP contribution >= 0.6 is 11.3 Å². The van der Waals surface area contributed by atoms with E-state index in [9.17, 15) is 9.90 Å². The minimum atomic E-state index is -0.790. The molecule has 2 aliphatic rings. The van der Waals surface area contributed by atoms with Gasteiger partial charge in [0.05, 0.1) is 10.7 Å². The van der Waals surface area contributed by atoms with Crippen LogP contribution < -0.4 is 0 Å². The molecule has 0 aromatic carbocycles. The monoisotopic (exact) mass is 251 g/mol. The van der Waals surface area contributed by atoms with E-state index < -0.39 is 5.97 Å². The quantitative estimate of drug-likeness (QED) is 0.892. The Bertz CT molecular complexity index is 450. The van der Waals surface area contributed by atoms with Gasteiger partial charge in [0.25, 0.3) is 0 Å². The number of carboxylic acid groups (broad SMARTS) is 1. The number of hydrogen-bond acceptors (Lipinski definition) is 3. The normalized spacial score (nSPS) is 28.5. The lowest BCUT2D eigenvalue weighted by Crippen LogP contribution is -1.97. The van der Waals surface area contributed by atoms with E-state index in [2.05, 4.69) is 11.9 Å². The van der Waals surface area contributed by atoms with Crippen molar-refractivity contribution in [2.75, 3.05) is 0 Å². The van der Waals surface area contributed by atoms with Gasteiger partial charge in [0.2, 0.25) is 0 Å². The van der Waals surface area contributed by atoms with Gasteiger partial charge in [-0.1, -0.05) is 13.3 Å². The first-order chi connectivity index (χ1) is 8.15. The molecule has 0 radical (unpaired) electrons. The molecule has 3 nitrogen and oxygen atoms in total. The maximum absolute atomic E-state index is 11.2. The highest BCUT2D eigenvalue weighted by Crippen LogP contribution is 2.46. The Morgan fingerprint density at radius 1 is 1.29 bits per heavy atom. The fourth-order valence-corrected chi connectivity index (χ4v) is 3.88. The molecule has 0 amide bonds. The highest BCUT2D eigenvalue weighted by molar-refractivity contribution is 7.13. The molecule has 1 N–H and O–H groups in total. The summed E-state index contributed by atoms with van der Waals surface area (Å²) in [6, 6.07) is 0. The molecule has 0 saturated heterocycles. The molecule has 4 heteroatoms. The van der Waals surface area contributed by atoms with Crippen LogP contribution in [0.2, 0.25) is 0 Å². The van der Waals surface area contributed by atoms with Gasteiger partial charge in [-0.15, -0.1) is 11.3 Å². The van der Waals surface area contributed by atoms with Crippen molar-refractivity contribution in [1.82, 2.24) is 4.98 Å². The fraction of sp³-hybridized carbons (Fsp3) is 0.692. The molecule has 2 fully saturated rings. The van der Waals surface area contributed by atoms with Crippen LogP contribution in [0.15, 0.2) is 0 Å². The van der Waals surface area contributed by atoms with Gasteiger partial charge in [0, 0.05) is 11.8 Å². The molecule has 2 aliphatic carbocycles. The molecule has 0 aliphatic heterocycles. The zero-order valence-corrected chi connectivity index (χ0v) is 10.8. The predicted molar refractivity (Wildman–Crippen MR) is 66.8 cm³/mol. The van der Waals surface area contributed by atoms with E-state index in [1.54, 1.807) is 0 Å². The van der Waals surface area contributed by atoms with Crippen LogP contribution in [0, 0.1) is 5.92 Å². The second kappa shape index (κ2) is 4.09. The third kappa shape index (κ3) is 2.10. The first-order valence-electron chi connectivity index (χ1n) is 6.39. The Morgan fingerprint density at radius 2 is 2.00 bits per heavy atom. The van der Waals surface area contributed by atoms with Crippen LogP contribution in [0.25, 0.3) is 0 Å². The molecule has 2 atom stereocenters. The van der Waals surface area contributed by atoms with Gasteiger partial charge < -0.3 is 5.11 Å². The van der Waals surface area contributed by atoms with Gasteiger partial charge >= 0.3 is 5.97 Å². The second-order valence-corrected chi connectivity index (χ2v) is 6.49.